The first-order chi connectivity index (χ1) is 25.5. The molecule has 0 saturated heterocycles. The van der Waals surface area contributed by atoms with Gasteiger partial charge in [-0.1, -0.05) is 135 Å². The molecule has 0 aromatic heterocycles. The minimum absolute atomic E-state index is 0.0469. The number of benzene rings is 1. The number of alkyl halides is 3. The molecule has 0 saturated carbocycles. The Labute approximate surface area is 330 Å². The van der Waals surface area contributed by atoms with Crippen molar-refractivity contribution >= 4 is 11.8 Å². The van der Waals surface area contributed by atoms with Gasteiger partial charge in [0.15, 0.2) is 0 Å². The highest BCUT2D eigenvalue weighted by molar-refractivity contribution is 5.92. The van der Waals surface area contributed by atoms with Crippen LogP contribution in [0, 0.1) is 6.92 Å². The monoisotopic (exact) mass is 774 g/mol. The molecule has 0 spiro atoms. The van der Waals surface area contributed by atoms with Crippen LogP contribution >= 0.6 is 0 Å². The van der Waals surface area contributed by atoms with Crippen LogP contribution in [0.25, 0.3) is 0 Å². The normalized spacial score (nSPS) is 11.4. The van der Waals surface area contributed by atoms with Crippen molar-refractivity contribution < 1.29 is 32.6 Å². The maximum Gasteiger partial charge on any atom is 0.262 e. The van der Waals surface area contributed by atoms with Crippen molar-refractivity contribution in [1.82, 2.24) is 15.5 Å². The van der Waals surface area contributed by atoms with Gasteiger partial charge in [0.05, 0.1) is 38.4 Å². The predicted molar refractivity (Wildman–Crippen MR) is 229 cm³/mol. The average molecular weight is 774 g/mol. The Balaban J connectivity index is -0.000000180. The number of methoxy groups -OCH3 is 1. The highest BCUT2D eigenvalue weighted by Gasteiger charge is 2.43. The molecule has 1 rings (SSSR count). The maximum atomic E-state index is 13.5. The van der Waals surface area contributed by atoms with Gasteiger partial charge in [0.25, 0.3) is 5.92 Å². The summed E-state index contributed by atoms with van der Waals surface area (Å²) in [4.78, 5) is 26.4. The van der Waals surface area contributed by atoms with Gasteiger partial charge in [-0.15, -0.1) is 0 Å². The molecule has 1 unspecified atom stereocenters. The zero-order valence-electron chi connectivity index (χ0n) is 37.3. The van der Waals surface area contributed by atoms with Crippen LogP contribution in [0.4, 0.5) is 13.2 Å². The van der Waals surface area contributed by atoms with Gasteiger partial charge < -0.3 is 25.4 Å². The number of ether oxygens (including phenoxy) is 1. The van der Waals surface area contributed by atoms with Crippen LogP contribution in [-0.4, -0.2) is 82.4 Å². The molecule has 10 heteroatoms. The van der Waals surface area contributed by atoms with Gasteiger partial charge in [-0.2, -0.15) is 0 Å². The number of hydrogen-bond donors (Lipinski definition) is 3. The lowest BCUT2D eigenvalue weighted by Crippen LogP contribution is -2.49. The van der Waals surface area contributed by atoms with E-state index in [4.69, 9.17) is 9.84 Å². The van der Waals surface area contributed by atoms with Crippen molar-refractivity contribution in [3.05, 3.63) is 83.7 Å². The summed E-state index contributed by atoms with van der Waals surface area (Å²) in [5, 5.41) is 13.2. The number of nitrogens with one attached hydrogen (secondary N) is 2. The fourth-order valence-electron chi connectivity index (χ4n) is 4.15. The molecule has 0 aliphatic rings. The number of amides is 2. The highest BCUT2D eigenvalue weighted by atomic mass is 19.3. The van der Waals surface area contributed by atoms with E-state index in [-0.39, 0.29) is 18.2 Å². The molecule has 0 heterocycles. The number of allylic oxidation sites excluding steroid dienone is 4. The molecule has 3 N–H and O–H groups in total. The molecule has 1 aromatic rings. The Bertz CT molecular complexity index is 1110. The molecule has 7 nitrogen and oxygen atoms in total. The lowest BCUT2D eigenvalue weighted by atomic mass is 9.67. The first-order valence-corrected chi connectivity index (χ1v) is 19.3. The van der Waals surface area contributed by atoms with Gasteiger partial charge in [0.2, 0.25) is 11.8 Å². The van der Waals surface area contributed by atoms with Gasteiger partial charge in [-0.05, 0) is 72.3 Å². The van der Waals surface area contributed by atoms with Gasteiger partial charge in [0.1, 0.15) is 0 Å². The molecule has 0 radical (unpaired) electrons. The van der Waals surface area contributed by atoms with Crippen molar-refractivity contribution in [2.75, 3.05) is 54.6 Å². The summed E-state index contributed by atoms with van der Waals surface area (Å²) in [6.07, 6.45) is 9.96. The van der Waals surface area contributed by atoms with E-state index in [9.17, 15) is 22.8 Å². The lowest BCUT2D eigenvalue weighted by Gasteiger charge is -2.37. The zero-order valence-corrected chi connectivity index (χ0v) is 37.3. The Morgan fingerprint density at radius 1 is 0.963 bits per heavy atom. The predicted octanol–water partition coefficient (Wildman–Crippen LogP) is 10.9. The zero-order chi connectivity index (χ0) is 43.8. The van der Waals surface area contributed by atoms with E-state index in [2.05, 4.69) is 63.6 Å². The molecule has 318 valence electrons. The van der Waals surface area contributed by atoms with Crippen molar-refractivity contribution in [2.45, 2.75) is 133 Å². The van der Waals surface area contributed by atoms with Crippen LogP contribution in [0.5, 0.6) is 0 Å². The smallest absolute Gasteiger partial charge is 0.262 e. The number of carbonyl (C=O) groups excluding carboxylic acids is 2. The van der Waals surface area contributed by atoms with Crippen molar-refractivity contribution in [2.24, 2.45) is 0 Å². The number of rotatable bonds is 17. The molecular weight excluding hydrogens is 691 g/mol. The SMILES string of the molecule is C=C(CC(=O)NCC)OC.C=C/C=C\C(C)=C(/C)C(CCCC)(C(=O)NCC(C)(F)F)c1ccccc1C.CC.CC.CCCCO.CCN(C)C.CF. The number of aryl methyl sites for hydroxylation is 1. The number of nitrogens with zero attached hydrogens (tertiary/aromatic N) is 1. The molecule has 0 fully saturated rings. The number of aliphatic hydroxyl groups is 1. The molecule has 54 heavy (non-hydrogen) atoms. The summed E-state index contributed by atoms with van der Waals surface area (Å²) in [5.74, 6) is -2.89. The first kappa shape index (κ1) is 62.6. The van der Waals surface area contributed by atoms with Crippen LogP contribution in [0.15, 0.2) is 72.6 Å². The van der Waals surface area contributed by atoms with E-state index < -0.39 is 17.9 Å². The molecule has 1 aromatic carbocycles. The van der Waals surface area contributed by atoms with E-state index in [0.717, 1.165) is 61.4 Å². The molecule has 1 atom stereocenters. The summed E-state index contributed by atoms with van der Waals surface area (Å²) in [6.45, 7) is 31.4. The summed E-state index contributed by atoms with van der Waals surface area (Å²) < 4.78 is 41.2. The van der Waals surface area contributed by atoms with E-state index >= 15 is 0 Å². The van der Waals surface area contributed by atoms with Crippen molar-refractivity contribution in [3.8, 4) is 0 Å². The van der Waals surface area contributed by atoms with Gasteiger partial charge >= 0.3 is 0 Å². The van der Waals surface area contributed by atoms with E-state index in [1.807, 2.05) is 91.8 Å². The van der Waals surface area contributed by atoms with Crippen LogP contribution in [0.2, 0.25) is 0 Å². The fourth-order valence-corrected chi connectivity index (χ4v) is 4.15. The third kappa shape index (κ3) is 33.2. The van der Waals surface area contributed by atoms with Gasteiger partial charge in [-0.25, -0.2) is 8.78 Å². The highest BCUT2D eigenvalue weighted by Crippen LogP contribution is 2.41. The summed E-state index contributed by atoms with van der Waals surface area (Å²) >= 11 is 0. The molecule has 0 aliphatic heterocycles. The first-order valence-electron chi connectivity index (χ1n) is 19.3. The van der Waals surface area contributed by atoms with Gasteiger partial charge in [-0.3, -0.25) is 14.0 Å². The third-order valence-corrected chi connectivity index (χ3v) is 7.34. The minimum atomic E-state index is -2.96. The Morgan fingerprint density at radius 2 is 1.46 bits per heavy atom. The van der Waals surface area contributed by atoms with Gasteiger partial charge in [0, 0.05) is 20.1 Å². The third-order valence-electron chi connectivity index (χ3n) is 7.34. The number of halogens is 3. The van der Waals surface area contributed by atoms with Crippen molar-refractivity contribution in [1.29, 1.82) is 0 Å². The fraction of sp³-hybridized carbons (Fsp3) is 0.636. The van der Waals surface area contributed by atoms with Crippen LogP contribution in [0.1, 0.15) is 126 Å². The molecule has 2 amide bonds. The van der Waals surface area contributed by atoms with Crippen LogP contribution in [0.3, 0.4) is 0 Å². The van der Waals surface area contributed by atoms with Crippen molar-refractivity contribution in [3.63, 3.8) is 0 Å². The second kappa shape index (κ2) is 42.4. The minimum Gasteiger partial charge on any atom is -0.501 e. The summed E-state index contributed by atoms with van der Waals surface area (Å²) in [6, 6.07) is 7.71. The van der Waals surface area contributed by atoms with E-state index in [1.165, 1.54) is 7.11 Å². The molecule has 0 bridgehead atoms. The topological polar surface area (TPSA) is 90.9 Å². The largest absolute Gasteiger partial charge is 0.501 e. The quantitative estimate of drug-likeness (QED) is 0.108. The molecular formula is C44H82F3N3O4. The average Bonchev–Trinajstić information content (AvgIpc) is 3.16. The standard InChI is InChI=1S/C24H33F2NO.C7H13NO2.C4H11N.C4H10O.2C2H6.CH3F/c1-7-9-13-18(3)20(5)24(16-10-8-2,21-15-12-11-14-19(21)4)22(28)27-17-23(6,25)26;1-4-8-7(9)5-6(2)10-3;1-4-5(2)3;1-2-3-4-5;3*1-2/h7,9,11-15H,1,8,10,16-17H2,2-6H3,(H,27,28);2,4-5H2,1,3H3,(H,8,9);4H2,1-3H3;5H,2-4H2,1H3;2*1-2H3;1H3/b13-9-,20-18+;;;;;;. The van der Waals surface area contributed by atoms with E-state index in [0.29, 0.717) is 32.5 Å². The number of unbranched alkanes of at least 4 members (excludes halogenated alkanes) is 2. The van der Waals surface area contributed by atoms with E-state index in [1.54, 1.807) is 6.08 Å². The van der Waals surface area contributed by atoms with Crippen LogP contribution < -0.4 is 10.6 Å². The summed E-state index contributed by atoms with van der Waals surface area (Å²) in [5.41, 5.74) is 2.63. The Morgan fingerprint density at radius 3 is 1.81 bits per heavy atom. The lowest BCUT2D eigenvalue weighted by molar-refractivity contribution is -0.127. The number of carbonyl (C=O) groups is 2. The van der Waals surface area contributed by atoms with Crippen LogP contribution in [-0.2, 0) is 19.7 Å². The second-order valence-electron chi connectivity index (χ2n) is 11.8. The Hall–Kier alpha value is -3.37. The number of aliphatic hydroxyl groups excluding tert-OH is 1. The molecule has 0 aliphatic carbocycles. The Kier molecular flexibility index (Phi) is 49.1. The summed E-state index contributed by atoms with van der Waals surface area (Å²) in [7, 11) is 6.11. The maximum absolute atomic E-state index is 13.5. The number of hydrogen-bond acceptors (Lipinski definition) is 5. The second-order valence-corrected chi connectivity index (χ2v) is 11.8.